The standard InChI is InChI=1S/C19H21NO3S/c1-12(2)24-18-7-5-4-6-15(18)19(21)20-13(3)14-8-9-16-17(10-14)23-11-22-16/h4-10,12-13H,11H2,1-3H3,(H,20,21). The zero-order valence-corrected chi connectivity index (χ0v) is 14.9. The van der Waals surface area contributed by atoms with Gasteiger partial charge in [-0.2, -0.15) is 0 Å². The maximum absolute atomic E-state index is 12.7. The summed E-state index contributed by atoms with van der Waals surface area (Å²) >= 11 is 1.70. The van der Waals surface area contributed by atoms with Crippen LogP contribution in [0.1, 0.15) is 42.7 Å². The normalized spacial score (nSPS) is 13.8. The summed E-state index contributed by atoms with van der Waals surface area (Å²) < 4.78 is 10.7. The molecule has 1 unspecified atom stereocenters. The molecule has 3 rings (SSSR count). The van der Waals surface area contributed by atoms with E-state index in [1.807, 2.05) is 49.4 Å². The van der Waals surface area contributed by atoms with Crippen molar-refractivity contribution in [1.29, 1.82) is 0 Å². The highest BCUT2D eigenvalue weighted by molar-refractivity contribution is 8.00. The van der Waals surface area contributed by atoms with Crippen molar-refractivity contribution in [3.8, 4) is 11.5 Å². The number of ether oxygens (including phenoxy) is 2. The van der Waals surface area contributed by atoms with Crippen LogP contribution in [0.2, 0.25) is 0 Å². The Morgan fingerprint density at radius 1 is 1.08 bits per heavy atom. The lowest BCUT2D eigenvalue weighted by Gasteiger charge is -2.17. The van der Waals surface area contributed by atoms with E-state index in [4.69, 9.17) is 9.47 Å². The number of nitrogens with one attached hydrogen (secondary N) is 1. The summed E-state index contributed by atoms with van der Waals surface area (Å²) in [4.78, 5) is 13.7. The SMILES string of the molecule is CC(C)Sc1ccccc1C(=O)NC(C)c1ccc2c(c1)OCO2. The van der Waals surface area contributed by atoms with Crippen molar-refractivity contribution in [2.45, 2.75) is 37.0 Å². The maximum atomic E-state index is 12.7. The van der Waals surface area contributed by atoms with Gasteiger partial charge in [0.1, 0.15) is 0 Å². The molecule has 1 aliphatic rings. The van der Waals surface area contributed by atoms with Crippen molar-refractivity contribution in [3.63, 3.8) is 0 Å². The fraction of sp³-hybridized carbons (Fsp3) is 0.316. The second kappa shape index (κ2) is 7.18. The molecule has 0 saturated carbocycles. The maximum Gasteiger partial charge on any atom is 0.252 e. The number of amides is 1. The van der Waals surface area contributed by atoms with Gasteiger partial charge in [0, 0.05) is 10.1 Å². The largest absolute Gasteiger partial charge is 0.454 e. The molecule has 4 nitrogen and oxygen atoms in total. The summed E-state index contributed by atoms with van der Waals surface area (Å²) in [6, 6.07) is 13.3. The average molecular weight is 343 g/mol. The number of fused-ring (bicyclic) bond motifs is 1. The number of thioether (sulfide) groups is 1. The van der Waals surface area contributed by atoms with Gasteiger partial charge < -0.3 is 14.8 Å². The van der Waals surface area contributed by atoms with Crippen molar-refractivity contribution >= 4 is 17.7 Å². The lowest BCUT2D eigenvalue weighted by atomic mass is 10.1. The average Bonchev–Trinajstić information content (AvgIpc) is 3.02. The van der Waals surface area contributed by atoms with Gasteiger partial charge in [-0.3, -0.25) is 4.79 Å². The highest BCUT2D eigenvalue weighted by Crippen LogP contribution is 2.34. The van der Waals surface area contributed by atoms with Crippen LogP contribution in [-0.2, 0) is 0 Å². The van der Waals surface area contributed by atoms with Gasteiger partial charge in [0.05, 0.1) is 11.6 Å². The van der Waals surface area contributed by atoms with Gasteiger partial charge in [-0.25, -0.2) is 0 Å². The molecule has 5 heteroatoms. The fourth-order valence-electron chi connectivity index (χ4n) is 2.55. The van der Waals surface area contributed by atoms with E-state index in [1.54, 1.807) is 11.8 Å². The Kier molecular flexibility index (Phi) is 5.00. The summed E-state index contributed by atoms with van der Waals surface area (Å²) in [5.41, 5.74) is 1.70. The van der Waals surface area contributed by atoms with Gasteiger partial charge in [-0.05, 0) is 36.8 Å². The molecule has 0 bridgehead atoms. The monoisotopic (exact) mass is 343 g/mol. The number of carbonyl (C=O) groups is 1. The molecule has 2 aromatic carbocycles. The molecule has 0 fully saturated rings. The van der Waals surface area contributed by atoms with Gasteiger partial charge >= 0.3 is 0 Å². The molecule has 1 aliphatic heterocycles. The number of rotatable bonds is 5. The number of hydrogen-bond donors (Lipinski definition) is 1. The minimum atomic E-state index is -0.121. The molecular formula is C19H21NO3S. The number of hydrogen-bond acceptors (Lipinski definition) is 4. The molecule has 1 amide bonds. The van der Waals surface area contributed by atoms with Gasteiger partial charge in [-0.1, -0.05) is 32.0 Å². The van der Waals surface area contributed by atoms with Gasteiger partial charge in [0.2, 0.25) is 6.79 Å². The topological polar surface area (TPSA) is 47.6 Å². The van der Waals surface area contributed by atoms with Crippen LogP contribution in [-0.4, -0.2) is 18.0 Å². The van der Waals surface area contributed by atoms with Gasteiger partial charge in [-0.15, -0.1) is 11.8 Å². The van der Waals surface area contributed by atoms with Crippen LogP contribution in [0, 0.1) is 0 Å². The predicted octanol–water partition coefficient (Wildman–Crippen LogP) is 4.41. The smallest absolute Gasteiger partial charge is 0.252 e. The van der Waals surface area contributed by atoms with Crippen LogP contribution in [0.25, 0.3) is 0 Å². The number of benzene rings is 2. The van der Waals surface area contributed by atoms with Crippen LogP contribution in [0.4, 0.5) is 0 Å². The lowest BCUT2D eigenvalue weighted by Crippen LogP contribution is -2.27. The molecule has 2 aromatic rings. The van der Waals surface area contributed by atoms with Crippen LogP contribution < -0.4 is 14.8 Å². The molecule has 126 valence electrons. The molecular weight excluding hydrogens is 322 g/mol. The summed E-state index contributed by atoms with van der Waals surface area (Å²) in [7, 11) is 0. The zero-order chi connectivity index (χ0) is 17.1. The zero-order valence-electron chi connectivity index (χ0n) is 14.0. The van der Waals surface area contributed by atoms with Crippen molar-refractivity contribution in [1.82, 2.24) is 5.32 Å². The highest BCUT2D eigenvalue weighted by atomic mass is 32.2. The molecule has 1 N–H and O–H groups in total. The highest BCUT2D eigenvalue weighted by Gasteiger charge is 2.18. The second-order valence-corrected chi connectivity index (χ2v) is 7.59. The van der Waals surface area contributed by atoms with Crippen LogP contribution in [0.15, 0.2) is 47.4 Å². The molecule has 0 aromatic heterocycles. The van der Waals surface area contributed by atoms with E-state index >= 15 is 0 Å². The predicted molar refractivity (Wildman–Crippen MR) is 95.9 cm³/mol. The molecule has 0 aliphatic carbocycles. The Hall–Kier alpha value is -2.14. The van der Waals surface area contributed by atoms with E-state index < -0.39 is 0 Å². The summed E-state index contributed by atoms with van der Waals surface area (Å²) in [5, 5.41) is 3.49. The second-order valence-electron chi connectivity index (χ2n) is 5.97. The van der Waals surface area contributed by atoms with Crippen molar-refractivity contribution in [3.05, 3.63) is 53.6 Å². The van der Waals surface area contributed by atoms with Crippen LogP contribution in [0.3, 0.4) is 0 Å². The fourth-order valence-corrected chi connectivity index (χ4v) is 3.50. The Labute approximate surface area is 146 Å². The first-order valence-electron chi connectivity index (χ1n) is 8.00. The van der Waals surface area contributed by atoms with Crippen LogP contribution in [0.5, 0.6) is 11.5 Å². The summed E-state index contributed by atoms with van der Waals surface area (Å²) in [5.74, 6) is 1.41. The molecule has 0 radical (unpaired) electrons. The molecule has 0 saturated heterocycles. The van der Waals surface area contributed by atoms with Crippen molar-refractivity contribution in [2.24, 2.45) is 0 Å². The van der Waals surface area contributed by atoms with Gasteiger partial charge in [0.25, 0.3) is 5.91 Å². The Bertz CT molecular complexity index is 745. The van der Waals surface area contributed by atoms with Crippen molar-refractivity contribution < 1.29 is 14.3 Å². The number of carbonyl (C=O) groups excluding carboxylic acids is 1. The van der Waals surface area contributed by atoms with E-state index in [2.05, 4.69) is 19.2 Å². The third kappa shape index (κ3) is 3.67. The van der Waals surface area contributed by atoms with Crippen molar-refractivity contribution in [2.75, 3.05) is 6.79 Å². The van der Waals surface area contributed by atoms with E-state index in [9.17, 15) is 4.79 Å². The quantitative estimate of drug-likeness (QED) is 0.817. The molecule has 1 atom stereocenters. The third-order valence-electron chi connectivity index (χ3n) is 3.74. The Morgan fingerprint density at radius 3 is 2.62 bits per heavy atom. The minimum absolute atomic E-state index is 0.0658. The molecule has 24 heavy (non-hydrogen) atoms. The van der Waals surface area contributed by atoms with E-state index in [0.717, 1.165) is 22.0 Å². The first-order valence-corrected chi connectivity index (χ1v) is 8.88. The first kappa shape index (κ1) is 16.7. The first-order chi connectivity index (χ1) is 11.5. The Balaban J connectivity index is 1.75. The molecule has 0 spiro atoms. The minimum Gasteiger partial charge on any atom is -0.454 e. The van der Waals surface area contributed by atoms with E-state index in [-0.39, 0.29) is 18.7 Å². The van der Waals surface area contributed by atoms with Gasteiger partial charge in [0.15, 0.2) is 11.5 Å². The Morgan fingerprint density at radius 2 is 1.83 bits per heavy atom. The van der Waals surface area contributed by atoms with Crippen LogP contribution >= 0.6 is 11.8 Å². The molecule has 1 heterocycles. The van der Waals surface area contributed by atoms with E-state index in [1.165, 1.54) is 0 Å². The summed E-state index contributed by atoms with van der Waals surface area (Å²) in [6.07, 6.45) is 0. The lowest BCUT2D eigenvalue weighted by molar-refractivity contribution is 0.0937. The summed E-state index contributed by atoms with van der Waals surface area (Å²) in [6.45, 7) is 6.45. The third-order valence-corrected chi connectivity index (χ3v) is 4.82. The van der Waals surface area contributed by atoms with E-state index in [0.29, 0.717) is 10.8 Å².